The van der Waals surface area contributed by atoms with Crippen LogP contribution in [0.2, 0.25) is 0 Å². The maximum absolute atomic E-state index is 10.8. The van der Waals surface area contributed by atoms with E-state index in [0.717, 1.165) is 12.2 Å². The number of piperidine rings is 1. The smallest absolute Gasteiger partial charge is 0.140 e. The molecule has 0 unspecified atom stereocenters. The van der Waals surface area contributed by atoms with Crippen LogP contribution in [0.5, 0.6) is 0 Å². The molecule has 0 bridgehead atoms. The Kier molecular flexibility index (Phi) is 1.88. The second-order valence-corrected chi connectivity index (χ2v) is 2.21. The molecule has 1 aliphatic rings. The minimum atomic E-state index is 0.349. The Balaban J connectivity index is 2.51. The SMILES string of the molecule is CC=C1CC(=O)CCN1. The summed E-state index contributed by atoms with van der Waals surface area (Å²) in [6.45, 7) is 2.76. The van der Waals surface area contributed by atoms with Gasteiger partial charge < -0.3 is 5.32 Å². The second kappa shape index (κ2) is 2.67. The molecule has 1 heterocycles. The van der Waals surface area contributed by atoms with E-state index in [-0.39, 0.29) is 0 Å². The highest BCUT2D eigenvalue weighted by Crippen LogP contribution is 2.05. The number of rotatable bonds is 0. The zero-order chi connectivity index (χ0) is 6.69. The largest absolute Gasteiger partial charge is 0.388 e. The second-order valence-electron chi connectivity index (χ2n) is 2.21. The lowest BCUT2D eigenvalue weighted by Gasteiger charge is -2.14. The van der Waals surface area contributed by atoms with Crippen molar-refractivity contribution in [3.63, 3.8) is 0 Å². The van der Waals surface area contributed by atoms with Crippen molar-refractivity contribution in [1.29, 1.82) is 0 Å². The summed E-state index contributed by atoms with van der Waals surface area (Å²) in [5, 5.41) is 3.14. The summed E-state index contributed by atoms with van der Waals surface area (Å²) in [6.07, 6.45) is 3.25. The van der Waals surface area contributed by atoms with Crippen LogP contribution < -0.4 is 5.32 Å². The normalized spacial score (nSPS) is 24.1. The number of hydrogen-bond donors (Lipinski definition) is 1. The zero-order valence-electron chi connectivity index (χ0n) is 5.61. The molecule has 0 aromatic heterocycles. The third kappa shape index (κ3) is 1.56. The van der Waals surface area contributed by atoms with Crippen molar-refractivity contribution >= 4 is 5.78 Å². The molecule has 2 nitrogen and oxygen atoms in total. The van der Waals surface area contributed by atoms with Crippen LogP contribution in [0.25, 0.3) is 0 Å². The molecule has 9 heavy (non-hydrogen) atoms. The topological polar surface area (TPSA) is 29.1 Å². The summed E-state index contributed by atoms with van der Waals surface area (Å²) in [6, 6.07) is 0. The Hall–Kier alpha value is -0.790. The summed E-state index contributed by atoms with van der Waals surface area (Å²) in [5.74, 6) is 0.349. The lowest BCUT2D eigenvalue weighted by molar-refractivity contribution is -0.119. The van der Waals surface area contributed by atoms with Crippen LogP contribution in [0.3, 0.4) is 0 Å². The molecule has 0 aromatic carbocycles. The first-order valence-electron chi connectivity index (χ1n) is 3.23. The number of allylic oxidation sites excluding steroid dienone is 2. The summed E-state index contributed by atoms with van der Waals surface area (Å²) >= 11 is 0. The molecule has 0 aliphatic carbocycles. The molecule has 1 saturated heterocycles. The first-order chi connectivity index (χ1) is 4.33. The minimum Gasteiger partial charge on any atom is -0.388 e. The Morgan fingerprint density at radius 1 is 1.67 bits per heavy atom. The van der Waals surface area contributed by atoms with E-state index in [4.69, 9.17) is 0 Å². The quantitative estimate of drug-likeness (QED) is 0.520. The van der Waals surface area contributed by atoms with E-state index in [1.165, 1.54) is 0 Å². The zero-order valence-corrected chi connectivity index (χ0v) is 5.61. The fourth-order valence-electron chi connectivity index (χ4n) is 0.930. The minimum absolute atomic E-state index is 0.349. The van der Waals surface area contributed by atoms with Crippen molar-refractivity contribution in [3.8, 4) is 0 Å². The predicted octanol–water partition coefficient (Wildman–Crippen LogP) is 0.843. The molecule has 0 aromatic rings. The van der Waals surface area contributed by atoms with Crippen LogP contribution in [0.1, 0.15) is 19.8 Å². The number of hydrogen-bond acceptors (Lipinski definition) is 2. The van der Waals surface area contributed by atoms with Crippen LogP contribution in [0.15, 0.2) is 11.8 Å². The Morgan fingerprint density at radius 3 is 2.89 bits per heavy atom. The van der Waals surface area contributed by atoms with Gasteiger partial charge in [0.15, 0.2) is 0 Å². The first kappa shape index (κ1) is 6.33. The van der Waals surface area contributed by atoms with E-state index in [2.05, 4.69) is 5.32 Å². The average Bonchev–Trinajstić information content (AvgIpc) is 1.88. The van der Waals surface area contributed by atoms with E-state index < -0.39 is 0 Å². The summed E-state index contributed by atoms with van der Waals surface area (Å²) in [5.41, 5.74) is 1.08. The maximum atomic E-state index is 10.8. The van der Waals surface area contributed by atoms with Crippen LogP contribution in [-0.2, 0) is 4.79 Å². The third-order valence-corrected chi connectivity index (χ3v) is 1.49. The molecule has 1 fully saturated rings. The molecule has 50 valence electrons. The molecular weight excluding hydrogens is 114 g/mol. The highest BCUT2D eigenvalue weighted by atomic mass is 16.1. The maximum Gasteiger partial charge on any atom is 0.140 e. The van der Waals surface area contributed by atoms with Crippen molar-refractivity contribution in [2.45, 2.75) is 19.8 Å². The lowest BCUT2D eigenvalue weighted by atomic mass is 10.1. The average molecular weight is 125 g/mol. The fourth-order valence-corrected chi connectivity index (χ4v) is 0.930. The van der Waals surface area contributed by atoms with Crippen LogP contribution >= 0.6 is 0 Å². The summed E-state index contributed by atoms with van der Waals surface area (Å²) < 4.78 is 0. The van der Waals surface area contributed by atoms with E-state index in [1.54, 1.807) is 0 Å². The van der Waals surface area contributed by atoms with Crippen molar-refractivity contribution in [2.24, 2.45) is 0 Å². The van der Waals surface area contributed by atoms with Crippen molar-refractivity contribution in [1.82, 2.24) is 5.32 Å². The number of carbonyl (C=O) groups excluding carboxylic acids is 1. The molecule has 0 radical (unpaired) electrons. The Bertz CT molecular complexity index is 149. The lowest BCUT2D eigenvalue weighted by Crippen LogP contribution is -2.25. The highest BCUT2D eigenvalue weighted by molar-refractivity contribution is 5.81. The molecular formula is C7H11NO. The number of Topliss-reactive ketones (excluding diaryl/α,β-unsaturated/α-hetero) is 1. The highest BCUT2D eigenvalue weighted by Gasteiger charge is 2.09. The standard InChI is InChI=1S/C7H11NO/c1-2-6-5-7(9)3-4-8-6/h2,8H,3-5H2,1H3. The molecule has 1 N–H and O–H groups in total. The molecule has 0 saturated carbocycles. The van der Waals surface area contributed by atoms with Gasteiger partial charge in [-0.05, 0) is 6.92 Å². The van der Waals surface area contributed by atoms with E-state index in [0.29, 0.717) is 18.6 Å². The Morgan fingerprint density at radius 2 is 2.44 bits per heavy atom. The predicted molar refractivity (Wildman–Crippen MR) is 36.0 cm³/mol. The molecule has 0 amide bonds. The van der Waals surface area contributed by atoms with Crippen LogP contribution in [-0.4, -0.2) is 12.3 Å². The fraction of sp³-hybridized carbons (Fsp3) is 0.571. The van der Waals surface area contributed by atoms with Gasteiger partial charge in [0, 0.05) is 25.1 Å². The van der Waals surface area contributed by atoms with E-state index in [9.17, 15) is 4.79 Å². The molecule has 2 heteroatoms. The van der Waals surface area contributed by atoms with Crippen LogP contribution in [0, 0.1) is 0 Å². The molecule has 0 spiro atoms. The van der Waals surface area contributed by atoms with Gasteiger partial charge in [-0.25, -0.2) is 0 Å². The van der Waals surface area contributed by atoms with Crippen molar-refractivity contribution in [3.05, 3.63) is 11.8 Å². The van der Waals surface area contributed by atoms with Crippen molar-refractivity contribution < 1.29 is 4.79 Å². The van der Waals surface area contributed by atoms with Gasteiger partial charge in [0.25, 0.3) is 0 Å². The van der Waals surface area contributed by atoms with Gasteiger partial charge in [-0.3, -0.25) is 4.79 Å². The van der Waals surface area contributed by atoms with Gasteiger partial charge in [0.05, 0.1) is 0 Å². The van der Waals surface area contributed by atoms with Crippen LogP contribution in [0.4, 0.5) is 0 Å². The van der Waals surface area contributed by atoms with Gasteiger partial charge in [0.2, 0.25) is 0 Å². The molecule has 1 rings (SSSR count). The van der Waals surface area contributed by atoms with E-state index in [1.807, 2.05) is 13.0 Å². The molecule has 1 aliphatic heterocycles. The first-order valence-corrected chi connectivity index (χ1v) is 3.23. The van der Waals surface area contributed by atoms with Crippen molar-refractivity contribution in [2.75, 3.05) is 6.54 Å². The molecule has 0 atom stereocenters. The summed E-state index contributed by atoms with van der Waals surface area (Å²) in [4.78, 5) is 10.8. The van der Waals surface area contributed by atoms with Gasteiger partial charge >= 0.3 is 0 Å². The number of carbonyl (C=O) groups is 1. The van der Waals surface area contributed by atoms with Gasteiger partial charge in [0.1, 0.15) is 5.78 Å². The Labute approximate surface area is 54.9 Å². The summed E-state index contributed by atoms with van der Waals surface area (Å²) in [7, 11) is 0. The number of ketones is 1. The van der Waals surface area contributed by atoms with Gasteiger partial charge in [-0.2, -0.15) is 0 Å². The monoisotopic (exact) mass is 125 g/mol. The van der Waals surface area contributed by atoms with E-state index >= 15 is 0 Å². The van der Waals surface area contributed by atoms with Gasteiger partial charge in [-0.15, -0.1) is 0 Å². The third-order valence-electron chi connectivity index (χ3n) is 1.49. The van der Waals surface area contributed by atoms with Gasteiger partial charge in [-0.1, -0.05) is 6.08 Å². The number of nitrogens with one attached hydrogen (secondary N) is 1.